The van der Waals surface area contributed by atoms with Gasteiger partial charge in [0.15, 0.2) is 0 Å². The van der Waals surface area contributed by atoms with E-state index >= 15 is 0 Å². The summed E-state index contributed by atoms with van der Waals surface area (Å²) in [6.07, 6.45) is 0. The fourth-order valence-electron chi connectivity index (χ4n) is 8.45. The van der Waals surface area contributed by atoms with Gasteiger partial charge in [0.25, 0.3) is 0 Å². The average molecular weight is 663 g/mol. The zero-order chi connectivity index (χ0) is 34.2. The summed E-state index contributed by atoms with van der Waals surface area (Å²) in [5, 5.41) is 9.13. The lowest BCUT2D eigenvalue weighted by atomic mass is 9.81. The zero-order valence-corrected chi connectivity index (χ0v) is 28.1. The molecule has 0 aliphatic heterocycles. The molecule has 2 nitrogen and oxygen atoms in total. The maximum Gasteiger partial charge on any atom is 0.147 e. The highest BCUT2D eigenvalue weighted by Crippen LogP contribution is 2.50. The van der Waals surface area contributed by atoms with E-state index in [1.54, 1.807) is 0 Å². The lowest BCUT2D eigenvalue weighted by Crippen LogP contribution is -1.95. The van der Waals surface area contributed by atoms with Gasteiger partial charge in [0, 0.05) is 16.2 Å². The van der Waals surface area contributed by atoms with Gasteiger partial charge in [-0.05, 0) is 96.4 Å². The van der Waals surface area contributed by atoms with E-state index in [4.69, 9.17) is 8.83 Å². The van der Waals surface area contributed by atoms with Crippen LogP contribution in [0.2, 0.25) is 0 Å². The second kappa shape index (κ2) is 11.3. The van der Waals surface area contributed by atoms with Crippen LogP contribution in [0.5, 0.6) is 0 Å². The van der Waals surface area contributed by atoms with Gasteiger partial charge in [-0.15, -0.1) is 0 Å². The molecule has 2 heteroatoms. The number of hydrogen-bond acceptors (Lipinski definition) is 2. The van der Waals surface area contributed by atoms with Gasteiger partial charge in [-0.1, -0.05) is 152 Å². The molecule has 2 heterocycles. The van der Waals surface area contributed by atoms with E-state index in [-0.39, 0.29) is 0 Å². The van der Waals surface area contributed by atoms with Crippen molar-refractivity contribution >= 4 is 65.4 Å². The van der Waals surface area contributed by atoms with Crippen molar-refractivity contribution in [1.29, 1.82) is 0 Å². The molecule has 2 aromatic heterocycles. The van der Waals surface area contributed by atoms with Gasteiger partial charge in [0.1, 0.15) is 22.3 Å². The number of para-hydroxylation sites is 1. The van der Waals surface area contributed by atoms with Crippen molar-refractivity contribution in [3.8, 4) is 44.5 Å². The van der Waals surface area contributed by atoms with Crippen LogP contribution in [0, 0.1) is 0 Å². The quantitative estimate of drug-likeness (QED) is 0.175. The van der Waals surface area contributed by atoms with Crippen molar-refractivity contribution in [3.63, 3.8) is 0 Å². The summed E-state index contributed by atoms with van der Waals surface area (Å²) in [6, 6.07) is 65.1. The van der Waals surface area contributed by atoms with Gasteiger partial charge in [-0.25, -0.2) is 0 Å². The third-order valence-corrected chi connectivity index (χ3v) is 10.7. The summed E-state index contributed by atoms with van der Waals surface area (Å²) in [4.78, 5) is 0. The van der Waals surface area contributed by atoms with E-state index in [0.717, 1.165) is 49.4 Å². The van der Waals surface area contributed by atoms with E-state index in [1.165, 1.54) is 60.5 Å². The first-order valence-corrected chi connectivity index (χ1v) is 17.8. The fraction of sp³-hybridized carbons (Fsp3) is 0. The Morgan fingerprint density at radius 1 is 0.269 bits per heavy atom. The molecule has 0 saturated heterocycles. The SMILES string of the molecule is c1ccc(-c2cccc(-c3ccccc3)c2-c2c3ccccc3c(-c3ccc4c(c3)oc3c4ccc4oc5ccccc5c43)c3ccccc23)cc1. The largest absolute Gasteiger partial charge is 0.456 e. The number of rotatable bonds is 4. The van der Waals surface area contributed by atoms with Gasteiger partial charge in [-0.2, -0.15) is 0 Å². The van der Waals surface area contributed by atoms with Gasteiger partial charge in [-0.3, -0.25) is 0 Å². The summed E-state index contributed by atoms with van der Waals surface area (Å²) < 4.78 is 13.0. The fourth-order valence-corrected chi connectivity index (χ4v) is 8.45. The standard InChI is InChI=1S/C50H30O2/c1-3-14-31(15-4-1)34-23-13-24-35(32-16-5-2-6-17-32)47(34)48-39-20-9-7-18-37(39)46(38-19-8-10-21-40(38)48)33-26-27-36-41-28-29-44-49(50(41)52-45(36)30-33)42-22-11-12-25-43(42)51-44/h1-30H. The van der Waals surface area contributed by atoms with Crippen LogP contribution in [0.1, 0.15) is 0 Å². The first-order chi connectivity index (χ1) is 25.8. The highest BCUT2D eigenvalue weighted by molar-refractivity contribution is 6.25. The van der Waals surface area contributed by atoms with Crippen molar-refractivity contribution in [2.45, 2.75) is 0 Å². The molecule has 0 amide bonds. The Morgan fingerprint density at radius 2 is 0.808 bits per heavy atom. The van der Waals surface area contributed by atoms with Crippen molar-refractivity contribution in [2.75, 3.05) is 0 Å². The molecule has 0 N–H and O–H groups in total. The van der Waals surface area contributed by atoms with Gasteiger partial charge in [0.2, 0.25) is 0 Å². The Hall–Kier alpha value is -6.90. The van der Waals surface area contributed by atoms with Crippen LogP contribution >= 0.6 is 0 Å². The summed E-state index contributed by atoms with van der Waals surface area (Å²) in [7, 11) is 0. The van der Waals surface area contributed by atoms with Crippen LogP contribution in [-0.2, 0) is 0 Å². The van der Waals surface area contributed by atoms with Crippen LogP contribution in [0.3, 0.4) is 0 Å². The highest BCUT2D eigenvalue weighted by atomic mass is 16.3. The number of benzene rings is 9. The van der Waals surface area contributed by atoms with Gasteiger partial charge < -0.3 is 8.83 Å². The third kappa shape index (κ3) is 4.25. The van der Waals surface area contributed by atoms with Crippen LogP contribution in [0.4, 0.5) is 0 Å². The molecule has 0 aliphatic rings. The Kier molecular flexibility index (Phi) is 6.28. The molecule has 0 radical (unpaired) electrons. The molecule has 9 aromatic carbocycles. The van der Waals surface area contributed by atoms with Crippen molar-refractivity contribution in [3.05, 3.63) is 182 Å². The minimum absolute atomic E-state index is 0.839. The molecule has 11 rings (SSSR count). The maximum atomic E-state index is 6.78. The summed E-state index contributed by atoms with van der Waals surface area (Å²) in [5.41, 5.74) is 13.1. The lowest BCUT2D eigenvalue weighted by molar-refractivity contribution is 0.663. The number of hydrogen-bond donors (Lipinski definition) is 0. The molecule has 0 fully saturated rings. The van der Waals surface area contributed by atoms with Crippen molar-refractivity contribution in [1.82, 2.24) is 0 Å². The first-order valence-electron chi connectivity index (χ1n) is 17.8. The van der Waals surface area contributed by atoms with E-state index in [2.05, 4.69) is 170 Å². The second-order valence-electron chi connectivity index (χ2n) is 13.5. The molecule has 52 heavy (non-hydrogen) atoms. The normalized spacial score (nSPS) is 11.8. The molecule has 0 saturated carbocycles. The first kappa shape index (κ1) is 28.9. The molecule has 242 valence electrons. The van der Waals surface area contributed by atoms with Gasteiger partial charge in [0.05, 0.1) is 5.39 Å². The third-order valence-electron chi connectivity index (χ3n) is 10.7. The second-order valence-corrected chi connectivity index (χ2v) is 13.5. The zero-order valence-electron chi connectivity index (χ0n) is 28.1. The maximum absolute atomic E-state index is 6.78. The average Bonchev–Trinajstić information content (AvgIpc) is 3.78. The number of furan rings is 2. The van der Waals surface area contributed by atoms with Crippen LogP contribution in [0.15, 0.2) is 191 Å². The van der Waals surface area contributed by atoms with Crippen LogP contribution in [-0.4, -0.2) is 0 Å². The Bertz CT molecular complexity index is 3050. The minimum Gasteiger partial charge on any atom is -0.456 e. The van der Waals surface area contributed by atoms with Crippen LogP contribution < -0.4 is 0 Å². The topological polar surface area (TPSA) is 26.3 Å². The summed E-state index contributed by atoms with van der Waals surface area (Å²) in [5.74, 6) is 0. The Balaban J connectivity index is 1.22. The smallest absolute Gasteiger partial charge is 0.147 e. The van der Waals surface area contributed by atoms with Crippen LogP contribution in [0.25, 0.3) is 110 Å². The van der Waals surface area contributed by atoms with E-state index in [1.807, 2.05) is 12.1 Å². The molecule has 0 unspecified atom stereocenters. The van der Waals surface area contributed by atoms with Crippen molar-refractivity contribution < 1.29 is 8.83 Å². The highest BCUT2D eigenvalue weighted by Gasteiger charge is 2.23. The predicted molar refractivity (Wildman–Crippen MR) is 218 cm³/mol. The van der Waals surface area contributed by atoms with Gasteiger partial charge >= 0.3 is 0 Å². The monoisotopic (exact) mass is 662 g/mol. The van der Waals surface area contributed by atoms with Crippen molar-refractivity contribution in [2.24, 2.45) is 0 Å². The van der Waals surface area contributed by atoms with E-state index in [9.17, 15) is 0 Å². The lowest BCUT2D eigenvalue weighted by Gasteiger charge is -2.22. The van der Waals surface area contributed by atoms with E-state index in [0.29, 0.717) is 0 Å². The molecular weight excluding hydrogens is 633 g/mol. The minimum atomic E-state index is 0.839. The molecule has 0 bridgehead atoms. The summed E-state index contributed by atoms with van der Waals surface area (Å²) >= 11 is 0. The summed E-state index contributed by atoms with van der Waals surface area (Å²) in [6.45, 7) is 0. The molecule has 0 spiro atoms. The molecule has 0 aliphatic carbocycles. The molecular formula is C50H30O2. The molecule has 11 aromatic rings. The molecule has 0 atom stereocenters. The van der Waals surface area contributed by atoms with E-state index < -0.39 is 0 Å². The Morgan fingerprint density at radius 3 is 1.44 bits per heavy atom. The number of fused-ring (bicyclic) bond motifs is 9. The Labute approximate surface area is 299 Å². The predicted octanol–water partition coefficient (Wildman–Crippen LogP) is 14.5.